The molecule has 0 heterocycles. The number of terminal acetylenes is 1. The lowest BCUT2D eigenvalue weighted by molar-refractivity contribution is 0.0771. The van der Waals surface area contributed by atoms with Crippen LogP contribution in [0.2, 0.25) is 5.02 Å². The minimum absolute atomic E-state index is 0.139. The lowest BCUT2D eigenvalue weighted by atomic mass is 10.1. The van der Waals surface area contributed by atoms with Gasteiger partial charge in [-0.1, -0.05) is 17.5 Å². The third-order valence-electron chi connectivity index (χ3n) is 2.99. The zero-order valence-electron chi connectivity index (χ0n) is 10.0. The molecule has 4 heteroatoms. The highest BCUT2D eigenvalue weighted by molar-refractivity contribution is 6.31. The topological polar surface area (TPSA) is 46.3 Å². The van der Waals surface area contributed by atoms with Gasteiger partial charge in [-0.05, 0) is 37.0 Å². The fourth-order valence-corrected chi connectivity index (χ4v) is 2.00. The van der Waals surface area contributed by atoms with Gasteiger partial charge in [0.25, 0.3) is 5.91 Å². The van der Waals surface area contributed by atoms with Crippen LogP contribution in [0, 0.1) is 18.3 Å². The summed E-state index contributed by atoms with van der Waals surface area (Å²) in [5.41, 5.74) is 6.67. The number of hydrogen-bond donors (Lipinski definition) is 1. The minimum Gasteiger partial charge on any atom is -0.398 e. The third-order valence-corrected chi connectivity index (χ3v) is 3.23. The van der Waals surface area contributed by atoms with E-state index >= 15 is 0 Å². The average Bonchev–Trinajstić information content (AvgIpc) is 3.15. The van der Waals surface area contributed by atoms with E-state index < -0.39 is 0 Å². The van der Waals surface area contributed by atoms with Crippen molar-refractivity contribution in [3.63, 3.8) is 0 Å². The molecule has 0 unspecified atom stereocenters. The van der Waals surface area contributed by atoms with Crippen molar-refractivity contribution >= 4 is 23.2 Å². The van der Waals surface area contributed by atoms with Gasteiger partial charge in [0.1, 0.15) is 0 Å². The van der Waals surface area contributed by atoms with E-state index in [0.717, 1.165) is 0 Å². The van der Waals surface area contributed by atoms with Crippen LogP contribution in [0.25, 0.3) is 0 Å². The monoisotopic (exact) mass is 262 g/mol. The Morgan fingerprint density at radius 1 is 1.56 bits per heavy atom. The van der Waals surface area contributed by atoms with E-state index in [1.165, 1.54) is 12.8 Å². The number of anilines is 1. The molecule has 0 saturated heterocycles. The first kappa shape index (κ1) is 12.8. The highest BCUT2D eigenvalue weighted by atomic mass is 35.5. The predicted octanol–water partition coefficient (Wildman–Crippen LogP) is 2.41. The molecule has 2 rings (SSSR count). The zero-order chi connectivity index (χ0) is 13.1. The second-order valence-electron chi connectivity index (χ2n) is 4.56. The normalized spacial score (nSPS) is 14.0. The maximum absolute atomic E-state index is 12.4. The van der Waals surface area contributed by atoms with Gasteiger partial charge in [-0.25, -0.2) is 0 Å². The van der Waals surface area contributed by atoms with Crippen molar-refractivity contribution in [3.8, 4) is 12.3 Å². The van der Waals surface area contributed by atoms with Gasteiger partial charge in [0.15, 0.2) is 0 Å². The number of nitrogen functional groups attached to an aromatic ring is 1. The van der Waals surface area contributed by atoms with Crippen LogP contribution in [0.3, 0.4) is 0 Å². The predicted molar refractivity (Wildman–Crippen MR) is 73.3 cm³/mol. The van der Waals surface area contributed by atoms with Crippen molar-refractivity contribution in [3.05, 3.63) is 28.8 Å². The van der Waals surface area contributed by atoms with E-state index in [0.29, 0.717) is 35.3 Å². The van der Waals surface area contributed by atoms with Crippen LogP contribution in [0.5, 0.6) is 0 Å². The summed E-state index contributed by atoms with van der Waals surface area (Å²) in [6.07, 6.45) is 7.64. The van der Waals surface area contributed by atoms with Gasteiger partial charge in [-0.15, -0.1) is 6.42 Å². The molecule has 0 radical (unpaired) electrons. The molecule has 3 nitrogen and oxygen atoms in total. The quantitative estimate of drug-likeness (QED) is 0.669. The van der Waals surface area contributed by atoms with Crippen LogP contribution >= 0.6 is 11.6 Å². The molecule has 1 fully saturated rings. The van der Waals surface area contributed by atoms with E-state index in [1.807, 2.05) is 0 Å². The third kappa shape index (κ3) is 2.96. The minimum atomic E-state index is -0.139. The molecule has 0 bridgehead atoms. The molecule has 1 aliphatic rings. The largest absolute Gasteiger partial charge is 0.398 e. The van der Waals surface area contributed by atoms with Gasteiger partial charge >= 0.3 is 0 Å². The van der Waals surface area contributed by atoms with Crippen molar-refractivity contribution in [2.24, 2.45) is 5.92 Å². The summed E-state index contributed by atoms with van der Waals surface area (Å²) in [6, 6.07) is 4.90. The van der Waals surface area contributed by atoms with E-state index in [2.05, 4.69) is 5.92 Å². The number of benzene rings is 1. The van der Waals surface area contributed by atoms with Crippen molar-refractivity contribution in [2.75, 3.05) is 18.8 Å². The second kappa shape index (κ2) is 5.32. The maximum atomic E-state index is 12.4. The van der Waals surface area contributed by atoms with E-state index in [4.69, 9.17) is 23.8 Å². The molecule has 1 aromatic rings. The Balaban J connectivity index is 2.20. The van der Waals surface area contributed by atoms with Crippen LogP contribution in [0.4, 0.5) is 5.69 Å². The van der Waals surface area contributed by atoms with Crippen LogP contribution < -0.4 is 5.73 Å². The second-order valence-corrected chi connectivity index (χ2v) is 5.00. The number of rotatable bonds is 4. The molecule has 0 aromatic heterocycles. The molecular formula is C14H15ClN2O. The van der Waals surface area contributed by atoms with Gasteiger partial charge in [0.2, 0.25) is 0 Å². The van der Waals surface area contributed by atoms with E-state index in [9.17, 15) is 4.79 Å². The molecule has 94 valence electrons. The van der Waals surface area contributed by atoms with Gasteiger partial charge in [0.05, 0.1) is 12.1 Å². The highest BCUT2D eigenvalue weighted by Gasteiger charge is 2.27. The first-order valence-corrected chi connectivity index (χ1v) is 6.27. The number of halogens is 1. The van der Waals surface area contributed by atoms with Crippen LogP contribution in [-0.2, 0) is 0 Å². The van der Waals surface area contributed by atoms with Gasteiger partial charge < -0.3 is 10.6 Å². The summed E-state index contributed by atoms with van der Waals surface area (Å²) < 4.78 is 0. The Kier molecular flexibility index (Phi) is 3.78. The number of nitrogens with zero attached hydrogens (tertiary/aromatic N) is 1. The molecular weight excluding hydrogens is 248 g/mol. The summed E-state index contributed by atoms with van der Waals surface area (Å²) >= 11 is 5.89. The Morgan fingerprint density at radius 3 is 2.89 bits per heavy atom. The van der Waals surface area contributed by atoms with Crippen LogP contribution in [0.15, 0.2) is 18.2 Å². The number of carbonyl (C=O) groups excluding carboxylic acids is 1. The molecule has 0 spiro atoms. The van der Waals surface area contributed by atoms with Crippen molar-refractivity contribution in [1.82, 2.24) is 4.90 Å². The average molecular weight is 263 g/mol. The fourth-order valence-electron chi connectivity index (χ4n) is 1.83. The number of nitrogens with two attached hydrogens (primary N) is 1. The summed E-state index contributed by atoms with van der Waals surface area (Å²) in [4.78, 5) is 14.0. The molecule has 1 aromatic carbocycles. The van der Waals surface area contributed by atoms with E-state index in [1.54, 1.807) is 23.1 Å². The standard InChI is InChI=1S/C14H15ClN2O/c1-2-7-17(9-10-3-4-10)14(18)12-8-11(15)5-6-13(12)16/h1,5-6,8,10H,3-4,7,9,16H2. The molecule has 1 aliphatic carbocycles. The van der Waals surface area contributed by atoms with Gasteiger partial charge in [-0.3, -0.25) is 4.79 Å². The zero-order valence-corrected chi connectivity index (χ0v) is 10.8. The van der Waals surface area contributed by atoms with Gasteiger partial charge in [0, 0.05) is 17.3 Å². The lowest BCUT2D eigenvalue weighted by Crippen LogP contribution is -2.33. The Hall–Kier alpha value is -1.66. The first-order chi connectivity index (χ1) is 8.61. The Labute approximate surface area is 112 Å². The van der Waals surface area contributed by atoms with E-state index in [-0.39, 0.29) is 5.91 Å². The SMILES string of the molecule is C#CCN(CC1CC1)C(=O)c1cc(Cl)ccc1N. The maximum Gasteiger partial charge on any atom is 0.256 e. The molecule has 0 atom stereocenters. The van der Waals surface area contributed by atoms with Crippen molar-refractivity contribution in [1.29, 1.82) is 0 Å². The Morgan fingerprint density at radius 2 is 2.28 bits per heavy atom. The molecule has 18 heavy (non-hydrogen) atoms. The number of carbonyl (C=O) groups is 1. The summed E-state index contributed by atoms with van der Waals surface area (Å²) in [7, 11) is 0. The molecule has 1 amide bonds. The summed E-state index contributed by atoms with van der Waals surface area (Å²) in [5, 5.41) is 0.500. The van der Waals surface area contributed by atoms with Gasteiger partial charge in [-0.2, -0.15) is 0 Å². The summed E-state index contributed by atoms with van der Waals surface area (Å²) in [6.45, 7) is 1.01. The number of hydrogen-bond acceptors (Lipinski definition) is 2. The summed E-state index contributed by atoms with van der Waals surface area (Å²) in [5.74, 6) is 2.96. The molecule has 2 N–H and O–H groups in total. The van der Waals surface area contributed by atoms with Crippen molar-refractivity contribution in [2.45, 2.75) is 12.8 Å². The fraction of sp³-hybridized carbons (Fsp3) is 0.357. The lowest BCUT2D eigenvalue weighted by Gasteiger charge is -2.21. The first-order valence-electron chi connectivity index (χ1n) is 5.89. The molecule has 1 saturated carbocycles. The van der Waals surface area contributed by atoms with Crippen LogP contribution in [0.1, 0.15) is 23.2 Å². The van der Waals surface area contributed by atoms with Crippen molar-refractivity contribution < 1.29 is 4.79 Å². The smallest absolute Gasteiger partial charge is 0.256 e. The molecule has 0 aliphatic heterocycles. The Bertz CT molecular complexity index is 503. The van der Waals surface area contributed by atoms with Crippen LogP contribution in [-0.4, -0.2) is 23.9 Å². The highest BCUT2D eigenvalue weighted by Crippen LogP contribution is 2.30. The number of amides is 1.